The van der Waals surface area contributed by atoms with Crippen LogP contribution in [0.15, 0.2) is 256 Å². The van der Waals surface area contributed by atoms with Crippen LogP contribution in [0.2, 0.25) is 0 Å². The number of aromatic nitrogens is 11. The Morgan fingerprint density at radius 3 is 1.24 bits per heavy atom. The Morgan fingerprint density at radius 1 is 0.330 bits per heavy atom. The van der Waals surface area contributed by atoms with Crippen molar-refractivity contribution in [1.29, 1.82) is 0 Å². The molecule has 15 aromatic rings. The SMILES string of the molecule is Cc1ccccc1-c1cc2cc(C(C)C)cnc2c[n+]1C.Cc1ccccc1-c1cc2cc(CC(C)C)cnc2c[n+]1C.Cc1ccccc1-c1cc2cccnc2c[n+]1C.Cc1ccccc1-c1cc2ccncc2c[n+]1C.Cc1ccccc1-c1nc2ncccc2c[n+]1C. The van der Waals surface area contributed by atoms with Crippen LogP contribution >= 0.6 is 0 Å². The molecule has 15 rings (SSSR count). The first-order chi connectivity index (χ1) is 46.9. The lowest BCUT2D eigenvalue weighted by atomic mass is 10.0. The fourth-order valence-corrected chi connectivity index (χ4v) is 12.4. The number of hydrogen-bond donors (Lipinski definition) is 0. The third-order valence-electron chi connectivity index (χ3n) is 17.8. The summed E-state index contributed by atoms with van der Waals surface area (Å²) in [5.41, 5.74) is 24.0. The molecule has 0 unspecified atom stereocenters. The largest absolute Gasteiger partial charge is 0.333 e. The normalized spacial score (nSPS) is 11.0. The molecule has 0 saturated heterocycles. The van der Waals surface area contributed by atoms with Crippen molar-refractivity contribution in [2.45, 2.75) is 74.7 Å². The van der Waals surface area contributed by atoms with Crippen LogP contribution in [-0.4, -0.2) is 29.9 Å². The van der Waals surface area contributed by atoms with Crippen LogP contribution in [0, 0.1) is 40.5 Å². The Balaban J connectivity index is 0.000000123. The second-order valence-corrected chi connectivity index (χ2v) is 26.0. The van der Waals surface area contributed by atoms with E-state index in [9.17, 15) is 0 Å². The predicted octanol–water partition coefficient (Wildman–Crippen LogP) is 16.9. The van der Waals surface area contributed by atoms with Gasteiger partial charge >= 0.3 is 5.82 Å². The third kappa shape index (κ3) is 16.0. The van der Waals surface area contributed by atoms with Gasteiger partial charge in [0.05, 0.1) is 23.4 Å². The van der Waals surface area contributed by atoms with E-state index in [0.29, 0.717) is 11.8 Å². The summed E-state index contributed by atoms with van der Waals surface area (Å²) < 4.78 is 10.7. The molecule has 11 heteroatoms. The molecular formula is C86H88N11+5. The van der Waals surface area contributed by atoms with Gasteiger partial charge in [-0.05, 0) is 169 Å². The van der Waals surface area contributed by atoms with Crippen LogP contribution in [0.4, 0.5) is 0 Å². The molecule has 0 bridgehead atoms. The zero-order chi connectivity index (χ0) is 68.3. The fourth-order valence-electron chi connectivity index (χ4n) is 12.4. The first-order valence-electron chi connectivity index (χ1n) is 33.3. The quantitative estimate of drug-likeness (QED) is 0.141. The fraction of sp³-hybridized carbons (Fsp3) is 0.198. The summed E-state index contributed by atoms with van der Waals surface area (Å²) in [6, 6.07) is 65.8. The molecule has 5 aromatic carbocycles. The first-order valence-corrected chi connectivity index (χ1v) is 33.3. The van der Waals surface area contributed by atoms with Crippen LogP contribution < -0.4 is 22.8 Å². The molecule has 0 aliphatic carbocycles. The van der Waals surface area contributed by atoms with Gasteiger partial charge in [0, 0.05) is 99.9 Å². The van der Waals surface area contributed by atoms with Gasteiger partial charge in [0.15, 0.2) is 24.8 Å². The molecule has 11 nitrogen and oxygen atoms in total. The van der Waals surface area contributed by atoms with Crippen molar-refractivity contribution in [1.82, 2.24) is 29.9 Å². The lowest BCUT2D eigenvalue weighted by molar-refractivity contribution is -0.661. The topological polar surface area (TPSA) is 96.7 Å². The highest BCUT2D eigenvalue weighted by Crippen LogP contribution is 2.29. The van der Waals surface area contributed by atoms with Crippen molar-refractivity contribution in [3.63, 3.8) is 0 Å². The van der Waals surface area contributed by atoms with Gasteiger partial charge in [-0.1, -0.05) is 125 Å². The van der Waals surface area contributed by atoms with E-state index < -0.39 is 0 Å². The minimum absolute atomic E-state index is 0.498. The number of benzene rings is 5. The first kappa shape index (κ1) is 67.3. The molecule has 0 radical (unpaired) electrons. The predicted molar refractivity (Wildman–Crippen MR) is 396 cm³/mol. The van der Waals surface area contributed by atoms with Gasteiger partial charge in [0.2, 0.25) is 22.8 Å². The summed E-state index contributed by atoms with van der Waals surface area (Å²) in [6.45, 7) is 19.6. The molecule has 0 atom stereocenters. The third-order valence-corrected chi connectivity index (χ3v) is 17.8. The van der Waals surface area contributed by atoms with Crippen molar-refractivity contribution in [2.24, 2.45) is 41.2 Å². The highest BCUT2D eigenvalue weighted by molar-refractivity contribution is 5.85. The smallest absolute Gasteiger partial charge is 0.264 e. The maximum atomic E-state index is 4.66. The zero-order valence-electron chi connectivity index (χ0n) is 58.5. The van der Waals surface area contributed by atoms with Crippen LogP contribution in [0.5, 0.6) is 0 Å². The minimum Gasteiger partial charge on any atom is -0.264 e. The molecule has 97 heavy (non-hydrogen) atoms. The number of rotatable bonds is 8. The second-order valence-electron chi connectivity index (χ2n) is 26.0. The average molecular weight is 1280 g/mol. The van der Waals surface area contributed by atoms with E-state index >= 15 is 0 Å². The lowest BCUT2D eigenvalue weighted by Crippen LogP contribution is -2.32. The molecule has 10 aromatic heterocycles. The molecule has 0 aliphatic heterocycles. The van der Waals surface area contributed by atoms with E-state index in [4.69, 9.17) is 0 Å². The Labute approximate surface area is 571 Å². The molecule has 0 aliphatic rings. The summed E-state index contributed by atoms with van der Waals surface area (Å²) in [6.07, 6.45) is 22.9. The number of pyridine rings is 9. The van der Waals surface area contributed by atoms with E-state index in [2.05, 4.69) is 327 Å². The number of hydrogen-bond acceptors (Lipinski definition) is 6. The van der Waals surface area contributed by atoms with Crippen molar-refractivity contribution in [2.75, 3.05) is 0 Å². The highest BCUT2D eigenvalue weighted by Gasteiger charge is 2.21. The van der Waals surface area contributed by atoms with Crippen LogP contribution in [0.3, 0.4) is 0 Å². The van der Waals surface area contributed by atoms with Gasteiger partial charge in [-0.25, -0.2) is 29.1 Å². The summed E-state index contributed by atoms with van der Waals surface area (Å²) >= 11 is 0. The van der Waals surface area contributed by atoms with E-state index in [-0.39, 0.29) is 0 Å². The summed E-state index contributed by atoms with van der Waals surface area (Å²) in [5.74, 6) is 2.09. The van der Waals surface area contributed by atoms with Crippen molar-refractivity contribution < 1.29 is 22.8 Å². The van der Waals surface area contributed by atoms with Gasteiger partial charge in [-0.2, -0.15) is 13.7 Å². The van der Waals surface area contributed by atoms with Crippen molar-refractivity contribution in [3.05, 3.63) is 295 Å². The Bertz CT molecular complexity index is 5010. The Kier molecular flexibility index (Phi) is 21.1. The maximum absolute atomic E-state index is 4.66. The summed E-state index contributed by atoms with van der Waals surface area (Å²) in [7, 11) is 10.3. The van der Waals surface area contributed by atoms with E-state index in [1.807, 2.05) is 72.9 Å². The maximum Gasteiger partial charge on any atom is 0.333 e. The molecular weight excluding hydrogens is 1190 g/mol. The Hall–Kier alpha value is -11.2. The van der Waals surface area contributed by atoms with Gasteiger partial charge < -0.3 is 0 Å². The van der Waals surface area contributed by atoms with Gasteiger partial charge in [-0.15, -0.1) is 0 Å². The monoisotopic (exact) mass is 1270 g/mol. The molecule has 0 amide bonds. The van der Waals surface area contributed by atoms with Gasteiger partial charge in [0.25, 0.3) is 5.65 Å². The lowest BCUT2D eigenvalue weighted by Gasteiger charge is -2.08. The Morgan fingerprint density at radius 2 is 0.742 bits per heavy atom. The molecule has 0 fully saturated rings. The number of nitrogens with zero attached hydrogens (tertiary/aromatic N) is 11. The molecule has 482 valence electrons. The van der Waals surface area contributed by atoms with Gasteiger partial charge in [0.1, 0.15) is 50.9 Å². The van der Waals surface area contributed by atoms with E-state index in [1.54, 1.807) is 6.20 Å². The van der Waals surface area contributed by atoms with Crippen LogP contribution in [0.25, 0.3) is 111 Å². The minimum atomic E-state index is 0.498. The zero-order valence-corrected chi connectivity index (χ0v) is 58.5. The van der Waals surface area contributed by atoms with Crippen molar-refractivity contribution >= 4 is 54.5 Å². The standard InChI is InChI=1S/C20H23N2.C19H21N2.2C16H15N2.C15H14N3/c1-14(2)9-16-10-17-11-20(18-8-6-5-7-15(18)3)22(4)13-19(17)21-12-16;1-13(2)16-9-15-10-19(17-8-6-5-7-14(17)3)21(4)12-18(15)20-11-16;1-12-6-3-4-8-14(12)16-10-13-7-5-9-17-15(13)11-18(16)2;1-12-5-3-4-6-15(12)16-9-13-7-8-17-10-14(13)11-18(16)2;1-11-6-3-4-8-13(11)15-17-14-12(10-18(15)2)7-5-9-16-14/h5-8,10-14H,9H2,1-4H3;5-13H,1-4H3;2*3-11H,1-2H3;3-10H,1-2H3/q5*+1. The summed E-state index contributed by atoms with van der Waals surface area (Å²) in [4.78, 5) is 26.7. The number of fused-ring (bicyclic) bond motifs is 5. The molecule has 10 heterocycles. The molecule has 0 saturated carbocycles. The van der Waals surface area contributed by atoms with Gasteiger partial charge in [-0.3, -0.25) is 4.98 Å². The molecule has 0 spiro atoms. The highest BCUT2D eigenvalue weighted by atomic mass is 15.0. The average Bonchev–Trinajstić information content (AvgIpc) is 0.845. The van der Waals surface area contributed by atoms with Crippen LogP contribution in [-0.2, 0) is 41.7 Å². The summed E-state index contributed by atoms with van der Waals surface area (Å²) in [5, 5.41) is 7.04. The van der Waals surface area contributed by atoms with Crippen molar-refractivity contribution in [3.8, 4) is 56.4 Å². The molecule has 0 N–H and O–H groups in total. The van der Waals surface area contributed by atoms with E-state index in [0.717, 1.165) is 50.8 Å². The van der Waals surface area contributed by atoms with Crippen LogP contribution in [0.1, 0.15) is 72.6 Å². The van der Waals surface area contributed by atoms with E-state index in [1.165, 1.54) is 106 Å². The second kappa shape index (κ2) is 30.5. The number of aryl methyl sites for hydroxylation is 10.